The number of amides is 4. The van der Waals surface area contributed by atoms with E-state index in [4.69, 9.17) is 4.74 Å². The summed E-state index contributed by atoms with van der Waals surface area (Å²) < 4.78 is 5.05. The van der Waals surface area contributed by atoms with Crippen LogP contribution in [0, 0.1) is 0 Å². The molecule has 3 aromatic carbocycles. The number of H-pyrrole nitrogens is 1. The summed E-state index contributed by atoms with van der Waals surface area (Å²) in [7, 11) is 1.61. The lowest BCUT2D eigenvalue weighted by molar-refractivity contribution is -0.120. The second-order valence-electron chi connectivity index (χ2n) is 9.58. The standard InChI is InChI=1S/C30H28N4O4/c1-38-17-9-16-31-28(35)21-13-6-8-15-24(21)34-29(36)25-18-22-20-12-5-7-14-23(20)32-26(22)27(33(25)30(34)37)19-10-3-2-4-11-19/h2-8,10-15,25,27,32H,9,16-18H2,1H3,(H,31,35)/t25-,27+/m0/s1. The van der Waals surface area contributed by atoms with Crippen molar-refractivity contribution in [3.63, 3.8) is 0 Å². The van der Waals surface area contributed by atoms with E-state index in [1.165, 1.54) is 4.90 Å². The predicted molar refractivity (Wildman–Crippen MR) is 144 cm³/mol. The fraction of sp³-hybridized carbons (Fsp3) is 0.233. The molecule has 0 spiro atoms. The summed E-state index contributed by atoms with van der Waals surface area (Å²) in [6.07, 6.45) is 1.06. The SMILES string of the molecule is COCCCNC(=O)c1ccccc1N1C(=O)[C@@H]2Cc3c([nH]c4ccccc34)[C@@H](c3ccccc3)N2C1=O. The van der Waals surface area contributed by atoms with Crippen molar-refractivity contribution in [2.75, 3.05) is 25.2 Å². The van der Waals surface area contributed by atoms with E-state index in [1.807, 2.05) is 54.6 Å². The van der Waals surface area contributed by atoms with E-state index < -0.39 is 18.1 Å². The number of imide groups is 1. The quantitative estimate of drug-likeness (QED) is 0.286. The molecular formula is C30H28N4O4. The molecule has 4 aromatic rings. The number of hydrogen-bond donors (Lipinski definition) is 2. The fourth-order valence-corrected chi connectivity index (χ4v) is 5.65. The van der Waals surface area contributed by atoms with E-state index in [0.717, 1.165) is 27.7 Å². The van der Waals surface area contributed by atoms with Gasteiger partial charge in [-0.05, 0) is 35.7 Å². The van der Waals surface area contributed by atoms with Crippen molar-refractivity contribution in [1.82, 2.24) is 15.2 Å². The number of fused-ring (bicyclic) bond motifs is 4. The number of benzene rings is 3. The maximum Gasteiger partial charge on any atom is 0.332 e. The monoisotopic (exact) mass is 508 g/mol. The third-order valence-corrected chi connectivity index (χ3v) is 7.36. The molecule has 8 heteroatoms. The summed E-state index contributed by atoms with van der Waals surface area (Å²) in [5.41, 5.74) is 4.43. The van der Waals surface area contributed by atoms with Gasteiger partial charge in [0.25, 0.3) is 11.8 Å². The second kappa shape index (κ2) is 9.79. The number of anilines is 1. The summed E-state index contributed by atoms with van der Waals surface area (Å²) in [6.45, 7) is 0.951. The summed E-state index contributed by atoms with van der Waals surface area (Å²) in [6, 6.07) is 23.0. The molecule has 1 saturated heterocycles. The summed E-state index contributed by atoms with van der Waals surface area (Å²) in [4.78, 5) is 47.5. The number of aromatic amines is 1. The van der Waals surface area contributed by atoms with Crippen molar-refractivity contribution in [2.24, 2.45) is 0 Å². The molecule has 4 amide bonds. The van der Waals surface area contributed by atoms with Gasteiger partial charge in [0.2, 0.25) is 0 Å². The van der Waals surface area contributed by atoms with Crippen LogP contribution in [-0.4, -0.2) is 54.0 Å². The van der Waals surface area contributed by atoms with Crippen LogP contribution in [0.5, 0.6) is 0 Å². The highest BCUT2D eigenvalue weighted by molar-refractivity contribution is 6.24. The summed E-state index contributed by atoms with van der Waals surface area (Å²) >= 11 is 0. The van der Waals surface area contributed by atoms with Gasteiger partial charge >= 0.3 is 6.03 Å². The van der Waals surface area contributed by atoms with Crippen LogP contribution < -0.4 is 10.2 Å². The minimum absolute atomic E-state index is 0.284. The van der Waals surface area contributed by atoms with Gasteiger partial charge in [0.05, 0.1) is 11.3 Å². The summed E-state index contributed by atoms with van der Waals surface area (Å²) in [5, 5.41) is 3.92. The van der Waals surface area contributed by atoms with E-state index in [2.05, 4.69) is 10.3 Å². The number of carbonyl (C=O) groups excluding carboxylic acids is 3. The highest BCUT2D eigenvalue weighted by Crippen LogP contribution is 2.45. The lowest BCUT2D eigenvalue weighted by atomic mass is 9.89. The number of hydrogen-bond acceptors (Lipinski definition) is 4. The van der Waals surface area contributed by atoms with Crippen LogP contribution in [0.2, 0.25) is 0 Å². The summed E-state index contributed by atoms with van der Waals surface area (Å²) in [5.74, 6) is -0.663. The van der Waals surface area contributed by atoms with Crippen LogP contribution in [0.4, 0.5) is 10.5 Å². The van der Waals surface area contributed by atoms with Crippen LogP contribution in [0.3, 0.4) is 0 Å². The number of nitrogens with zero attached hydrogens (tertiary/aromatic N) is 2. The zero-order valence-corrected chi connectivity index (χ0v) is 21.0. The van der Waals surface area contributed by atoms with Crippen LogP contribution >= 0.6 is 0 Å². The van der Waals surface area contributed by atoms with E-state index in [9.17, 15) is 14.4 Å². The molecule has 2 N–H and O–H groups in total. The average Bonchev–Trinajstić information content (AvgIpc) is 3.44. The number of para-hydroxylation sites is 2. The smallest absolute Gasteiger partial charge is 0.332 e. The van der Waals surface area contributed by atoms with E-state index in [-0.39, 0.29) is 17.4 Å². The molecule has 38 heavy (non-hydrogen) atoms. The number of ether oxygens (including phenoxy) is 1. The number of aromatic nitrogens is 1. The van der Waals surface area contributed by atoms with Crippen molar-refractivity contribution in [1.29, 1.82) is 0 Å². The molecule has 2 aliphatic heterocycles. The van der Waals surface area contributed by atoms with Crippen LogP contribution in [0.25, 0.3) is 10.9 Å². The Labute approximate surface area is 220 Å². The molecule has 1 aromatic heterocycles. The molecule has 6 rings (SSSR count). The molecule has 1 fully saturated rings. The molecule has 192 valence electrons. The van der Waals surface area contributed by atoms with Gasteiger partial charge in [-0.1, -0.05) is 60.7 Å². The molecule has 0 unspecified atom stereocenters. The molecule has 0 bridgehead atoms. The maximum absolute atomic E-state index is 14.1. The lowest BCUT2D eigenvalue weighted by Crippen LogP contribution is -2.44. The Hall–Kier alpha value is -4.43. The van der Waals surface area contributed by atoms with Crippen LogP contribution in [0.1, 0.15) is 39.6 Å². The van der Waals surface area contributed by atoms with Crippen molar-refractivity contribution >= 4 is 34.4 Å². The zero-order chi connectivity index (χ0) is 26.2. The first-order valence-electron chi connectivity index (χ1n) is 12.8. The van der Waals surface area contributed by atoms with Gasteiger partial charge in [0.1, 0.15) is 12.1 Å². The van der Waals surface area contributed by atoms with Gasteiger partial charge in [-0.3, -0.25) is 14.5 Å². The lowest BCUT2D eigenvalue weighted by Gasteiger charge is -2.36. The number of rotatable bonds is 7. The van der Waals surface area contributed by atoms with Crippen LogP contribution in [-0.2, 0) is 16.0 Å². The van der Waals surface area contributed by atoms with Gasteiger partial charge in [-0.15, -0.1) is 0 Å². The highest BCUT2D eigenvalue weighted by atomic mass is 16.5. The first kappa shape index (κ1) is 23.9. The van der Waals surface area contributed by atoms with Crippen molar-refractivity contribution in [2.45, 2.75) is 24.9 Å². The Bertz CT molecular complexity index is 1530. The Morgan fingerprint density at radius 3 is 2.55 bits per heavy atom. The minimum atomic E-state index is -0.683. The zero-order valence-electron chi connectivity index (χ0n) is 21.0. The fourth-order valence-electron chi connectivity index (χ4n) is 5.65. The van der Waals surface area contributed by atoms with E-state index in [0.29, 0.717) is 31.7 Å². The average molecular weight is 509 g/mol. The molecular weight excluding hydrogens is 480 g/mol. The molecule has 0 radical (unpaired) electrons. The van der Waals surface area contributed by atoms with E-state index in [1.54, 1.807) is 36.3 Å². The number of methoxy groups -OCH3 is 1. The number of carbonyl (C=O) groups is 3. The second-order valence-corrected chi connectivity index (χ2v) is 9.58. The molecule has 0 aliphatic carbocycles. The Morgan fingerprint density at radius 2 is 1.74 bits per heavy atom. The van der Waals surface area contributed by atoms with Gasteiger partial charge in [0, 0.05) is 43.3 Å². The van der Waals surface area contributed by atoms with Crippen molar-refractivity contribution in [3.8, 4) is 0 Å². The topological polar surface area (TPSA) is 94.7 Å². The van der Waals surface area contributed by atoms with E-state index >= 15 is 0 Å². The maximum atomic E-state index is 14.1. The minimum Gasteiger partial charge on any atom is -0.385 e. The molecule has 2 aliphatic rings. The Kier molecular flexibility index (Phi) is 6.17. The number of nitrogens with one attached hydrogen (secondary N) is 2. The first-order valence-corrected chi connectivity index (χ1v) is 12.8. The number of urea groups is 1. The van der Waals surface area contributed by atoms with Crippen molar-refractivity contribution < 1.29 is 19.1 Å². The van der Waals surface area contributed by atoms with Crippen molar-refractivity contribution in [3.05, 3.63) is 101 Å². The third kappa shape index (κ3) is 3.85. The van der Waals surface area contributed by atoms with Crippen LogP contribution in [0.15, 0.2) is 78.9 Å². The molecule has 2 atom stereocenters. The van der Waals surface area contributed by atoms with Gasteiger partial charge in [-0.25, -0.2) is 9.69 Å². The van der Waals surface area contributed by atoms with Gasteiger partial charge in [-0.2, -0.15) is 0 Å². The Morgan fingerprint density at radius 1 is 1.00 bits per heavy atom. The third-order valence-electron chi connectivity index (χ3n) is 7.36. The molecule has 8 nitrogen and oxygen atoms in total. The first-order chi connectivity index (χ1) is 18.6. The normalized spacial score (nSPS) is 18.6. The molecule has 3 heterocycles. The largest absolute Gasteiger partial charge is 0.385 e. The molecule has 0 saturated carbocycles. The Balaban J connectivity index is 1.41. The van der Waals surface area contributed by atoms with Gasteiger partial charge < -0.3 is 15.0 Å². The predicted octanol–water partition coefficient (Wildman–Crippen LogP) is 4.42. The highest BCUT2D eigenvalue weighted by Gasteiger charge is 2.53. The van der Waals surface area contributed by atoms with Gasteiger partial charge in [0.15, 0.2) is 0 Å².